The molecule has 4 heterocycles. The molecule has 0 spiro atoms. The van der Waals surface area contributed by atoms with Crippen LogP contribution in [0.25, 0.3) is 0 Å². The Labute approximate surface area is 162 Å². The zero-order valence-electron chi connectivity index (χ0n) is 15.2. The molecule has 1 aliphatic rings. The minimum atomic E-state index is 0.109. The molecule has 0 unspecified atom stereocenters. The molecule has 0 saturated heterocycles. The van der Waals surface area contributed by atoms with Crippen molar-refractivity contribution < 1.29 is 9.53 Å². The fourth-order valence-corrected chi connectivity index (χ4v) is 4.19. The van der Waals surface area contributed by atoms with Crippen LogP contribution in [-0.4, -0.2) is 27.3 Å². The summed E-state index contributed by atoms with van der Waals surface area (Å²) in [5.74, 6) is 0.109. The highest BCUT2D eigenvalue weighted by Crippen LogP contribution is 2.25. The van der Waals surface area contributed by atoms with Crippen molar-refractivity contribution in [2.45, 2.75) is 33.1 Å². The SMILES string of the molecule is Cc1csc(C(=O)N2CCc3c(COCc4ccncc4)cncc3C2)c1. The Morgan fingerprint density at radius 1 is 1.22 bits per heavy atom. The van der Waals surface area contributed by atoms with E-state index < -0.39 is 0 Å². The average Bonchev–Trinajstić information content (AvgIpc) is 3.14. The highest BCUT2D eigenvalue weighted by Gasteiger charge is 2.24. The first-order chi connectivity index (χ1) is 13.2. The van der Waals surface area contributed by atoms with E-state index in [2.05, 4.69) is 9.97 Å². The number of aromatic nitrogens is 2. The van der Waals surface area contributed by atoms with Gasteiger partial charge in [-0.2, -0.15) is 0 Å². The molecule has 27 heavy (non-hydrogen) atoms. The largest absolute Gasteiger partial charge is 0.372 e. The van der Waals surface area contributed by atoms with Crippen LogP contribution in [0.4, 0.5) is 0 Å². The molecule has 0 aromatic carbocycles. The number of ether oxygens (including phenoxy) is 1. The molecule has 0 radical (unpaired) electrons. The number of carbonyl (C=O) groups excluding carboxylic acids is 1. The molecule has 0 aliphatic carbocycles. The lowest BCUT2D eigenvalue weighted by Gasteiger charge is -2.29. The molecule has 4 rings (SSSR count). The number of amides is 1. The number of fused-ring (bicyclic) bond motifs is 1. The monoisotopic (exact) mass is 379 g/mol. The van der Waals surface area contributed by atoms with Gasteiger partial charge in [-0.1, -0.05) is 0 Å². The van der Waals surface area contributed by atoms with Crippen LogP contribution in [0.3, 0.4) is 0 Å². The van der Waals surface area contributed by atoms with Crippen LogP contribution in [-0.2, 0) is 30.9 Å². The zero-order chi connectivity index (χ0) is 18.6. The maximum atomic E-state index is 12.7. The van der Waals surface area contributed by atoms with Crippen LogP contribution < -0.4 is 0 Å². The summed E-state index contributed by atoms with van der Waals surface area (Å²) < 4.78 is 5.87. The molecule has 5 nitrogen and oxygen atoms in total. The van der Waals surface area contributed by atoms with Gasteiger partial charge in [0.2, 0.25) is 0 Å². The van der Waals surface area contributed by atoms with E-state index in [0.717, 1.165) is 40.1 Å². The third-order valence-corrected chi connectivity index (χ3v) is 5.77. The lowest BCUT2D eigenvalue weighted by atomic mass is 9.97. The number of carbonyl (C=O) groups is 1. The number of thiophene rings is 1. The Hall–Kier alpha value is -2.57. The van der Waals surface area contributed by atoms with Crippen molar-refractivity contribution in [3.63, 3.8) is 0 Å². The smallest absolute Gasteiger partial charge is 0.264 e. The fourth-order valence-electron chi connectivity index (χ4n) is 3.32. The van der Waals surface area contributed by atoms with Crippen LogP contribution >= 0.6 is 11.3 Å². The van der Waals surface area contributed by atoms with Gasteiger partial charge in [0.1, 0.15) is 0 Å². The summed E-state index contributed by atoms with van der Waals surface area (Å²) in [6.45, 7) is 4.42. The summed E-state index contributed by atoms with van der Waals surface area (Å²) in [6, 6.07) is 5.87. The molecule has 0 fully saturated rings. The number of nitrogens with zero attached hydrogens (tertiary/aromatic N) is 3. The number of rotatable bonds is 5. The molecule has 0 atom stereocenters. The van der Waals surface area contributed by atoms with Gasteiger partial charge in [0, 0.05) is 37.9 Å². The standard InChI is InChI=1S/C21H21N3O2S/c1-15-8-20(27-14-15)21(25)24-7-4-19-17(11-24)9-23-10-18(19)13-26-12-16-2-5-22-6-3-16/h2-3,5-6,8-10,14H,4,7,11-13H2,1H3. The first-order valence-electron chi connectivity index (χ1n) is 8.96. The lowest BCUT2D eigenvalue weighted by molar-refractivity contribution is 0.0736. The molecule has 0 N–H and O–H groups in total. The lowest BCUT2D eigenvalue weighted by Crippen LogP contribution is -2.36. The van der Waals surface area contributed by atoms with Crippen molar-refractivity contribution in [3.8, 4) is 0 Å². The molecule has 3 aromatic rings. The van der Waals surface area contributed by atoms with E-state index in [9.17, 15) is 4.79 Å². The molecule has 1 amide bonds. The van der Waals surface area contributed by atoms with E-state index >= 15 is 0 Å². The zero-order valence-corrected chi connectivity index (χ0v) is 16.0. The second kappa shape index (κ2) is 7.98. The summed E-state index contributed by atoms with van der Waals surface area (Å²) in [5.41, 5.74) is 5.74. The highest BCUT2D eigenvalue weighted by molar-refractivity contribution is 7.12. The van der Waals surface area contributed by atoms with E-state index in [0.29, 0.717) is 19.8 Å². The number of pyridine rings is 2. The van der Waals surface area contributed by atoms with Crippen molar-refractivity contribution in [2.75, 3.05) is 6.54 Å². The van der Waals surface area contributed by atoms with Crippen molar-refractivity contribution >= 4 is 17.2 Å². The summed E-state index contributed by atoms with van der Waals surface area (Å²) >= 11 is 1.51. The van der Waals surface area contributed by atoms with E-state index in [-0.39, 0.29) is 5.91 Å². The number of hydrogen-bond donors (Lipinski definition) is 0. The molecule has 6 heteroatoms. The number of hydrogen-bond acceptors (Lipinski definition) is 5. The van der Waals surface area contributed by atoms with Gasteiger partial charge in [0.25, 0.3) is 5.91 Å². The number of aryl methyl sites for hydroxylation is 1. The Bertz CT molecular complexity index is 940. The Morgan fingerprint density at radius 3 is 2.85 bits per heavy atom. The van der Waals surface area contributed by atoms with E-state index in [4.69, 9.17) is 4.74 Å². The molecule has 0 bridgehead atoms. The highest BCUT2D eigenvalue weighted by atomic mass is 32.1. The molecular weight excluding hydrogens is 358 g/mol. The normalized spacial score (nSPS) is 13.4. The van der Waals surface area contributed by atoms with Gasteiger partial charge < -0.3 is 9.64 Å². The Morgan fingerprint density at radius 2 is 2.07 bits per heavy atom. The van der Waals surface area contributed by atoms with Gasteiger partial charge in [-0.05, 0) is 64.7 Å². The van der Waals surface area contributed by atoms with Crippen LogP contribution in [0.15, 0.2) is 48.4 Å². The molecular formula is C21H21N3O2S. The maximum Gasteiger partial charge on any atom is 0.264 e. The van der Waals surface area contributed by atoms with Gasteiger partial charge in [0.15, 0.2) is 0 Å². The molecule has 0 saturated carbocycles. The molecule has 3 aromatic heterocycles. The predicted molar refractivity (Wildman–Crippen MR) is 104 cm³/mol. The first kappa shape index (κ1) is 17.8. The van der Waals surface area contributed by atoms with E-state index in [1.54, 1.807) is 12.4 Å². The van der Waals surface area contributed by atoms with Crippen molar-refractivity contribution in [3.05, 3.63) is 81.1 Å². The van der Waals surface area contributed by atoms with Crippen LogP contribution in [0.2, 0.25) is 0 Å². The fraction of sp³-hybridized carbons (Fsp3) is 0.286. The van der Waals surface area contributed by atoms with E-state index in [1.165, 1.54) is 16.9 Å². The third-order valence-electron chi connectivity index (χ3n) is 4.73. The van der Waals surface area contributed by atoms with Crippen molar-refractivity contribution in [1.29, 1.82) is 0 Å². The summed E-state index contributed by atoms with van der Waals surface area (Å²) in [5, 5.41) is 2.02. The van der Waals surface area contributed by atoms with Crippen LogP contribution in [0.5, 0.6) is 0 Å². The van der Waals surface area contributed by atoms with E-state index in [1.807, 2.05) is 47.8 Å². The maximum absolute atomic E-state index is 12.7. The average molecular weight is 379 g/mol. The van der Waals surface area contributed by atoms with Crippen molar-refractivity contribution in [1.82, 2.24) is 14.9 Å². The molecule has 138 valence electrons. The summed E-state index contributed by atoms with van der Waals surface area (Å²) in [4.78, 5) is 23.8. The summed E-state index contributed by atoms with van der Waals surface area (Å²) in [7, 11) is 0. The predicted octanol–water partition coefficient (Wildman–Crippen LogP) is 3.76. The second-order valence-electron chi connectivity index (χ2n) is 6.75. The van der Waals surface area contributed by atoms with Gasteiger partial charge in [-0.3, -0.25) is 14.8 Å². The topological polar surface area (TPSA) is 55.3 Å². The molecule has 1 aliphatic heterocycles. The Balaban J connectivity index is 1.42. The first-order valence-corrected chi connectivity index (χ1v) is 9.84. The Kier molecular flexibility index (Phi) is 5.27. The van der Waals surface area contributed by atoms with Crippen molar-refractivity contribution in [2.24, 2.45) is 0 Å². The minimum Gasteiger partial charge on any atom is -0.372 e. The van der Waals surface area contributed by atoms with Gasteiger partial charge in [-0.25, -0.2) is 0 Å². The van der Waals surface area contributed by atoms with Crippen LogP contribution in [0.1, 0.15) is 37.5 Å². The van der Waals surface area contributed by atoms with Gasteiger partial charge in [0.05, 0.1) is 18.1 Å². The second-order valence-corrected chi connectivity index (χ2v) is 7.66. The van der Waals surface area contributed by atoms with Gasteiger partial charge >= 0.3 is 0 Å². The van der Waals surface area contributed by atoms with Crippen LogP contribution in [0, 0.1) is 6.92 Å². The van der Waals surface area contributed by atoms with Gasteiger partial charge in [-0.15, -0.1) is 11.3 Å². The summed E-state index contributed by atoms with van der Waals surface area (Å²) in [6.07, 6.45) is 8.13. The minimum absolute atomic E-state index is 0.109. The third kappa shape index (κ3) is 4.07. The quantitative estimate of drug-likeness (QED) is 0.677.